The number of hydrogen-bond donors (Lipinski definition) is 0. The second-order valence-corrected chi connectivity index (χ2v) is 8.55. The summed E-state index contributed by atoms with van der Waals surface area (Å²) in [4.78, 5) is 22.0. The number of rotatable bonds is 5. The molecule has 5 nitrogen and oxygen atoms in total. The molecule has 1 aliphatic carbocycles. The van der Waals surface area contributed by atoms with Crippen molar-refractivity contribution in [3.05, 3.63) is 23.9 Å². The summed E-state index contributed by atoms with van der Waals surface area (Å²) in [5.74, 6) is 0.803. The van der Waals surface area contributed by atoms with Gasteiger partial charge in [-0.2, -0.15) is 0 Å². The molecule has 2 heterocycles. The molecule has 1 aliphatic heterocycles. The number of ether oxygens (including phenoxy) is 1. The Morgan fingerprint density at radius 3 is 2.73 bits per heavy atom. The second kappa shape index (κ2) is 7.95. The van der Waals surface area contributed by atoms with Gasteiger partial charge in [0.2, 0.25) is 0 Å². The van der Waals surface area contributed by atoms with E-state index in [1.165, 1.54) is 18.4 Å². The van der Waals surface area contributed by atoms with Crippen LogP contribution in [-0.2, 0) is 4.74 Å². The highest BCUT2D eigenvalue weighted by atomic mass is 16.6. The van der Waals surface area contributed by atoms with Gasteiger partial charge in [-0.05, 0) is 72.0 Å². The summed E-state index contributed by atoms with van der Waals surface area (Å²) in [6.07, 6.45) is 8.34. The first-order chi connectivity index (χ1) is 12.4. The third-order valence-corrected chi connectivity index (χ3v) is 5.03. The van der Waals surface area contributed by atoms with Gasteiger partial charge < -0.3 is 4.74 Å². The van der Waals surface area contributed by atoms with Crippen molar-refractivity contribution in [2.75, 3.05) is 18.0 Å². The van der Waals surface area contributed by atoms with Crippen LogP contribution in [0, 0.1) is 0 Å². The van der Waals surface area contributed by atoms with Crippen molar-refractivity contribution in [2.45, 2.75) is 83.9 Å². The molecule has 1 amide bonds. The molecule has 0 unspecified atom stereocenters. The van der Waals surface area contributed by atoms with E-state index >= 15 is 0 Å². The number of hydrogen-bond acceptors (Lipinski definition) is 4. The lowest BCUT2D eigenvalue weighted by atomic mass is 9.95. The lowest BCUT2D eigenvalue weighted by molar-refractivity contribution is 0.0575. The van der Waals surface area contributed by atoms with Crippen LogP contribution in [0.2, 0.25) is 0 Å². The summed E-state index contributed by atoms with van der Waals surface area (Å²) in [6, 6.07) is 4.72. The zero-order valence-electron chi connectivity index (χ0n) is 16.7. The summed E-state index contributed by atoms with van der Waals surface area (Å²) in [7, 11) is 0. The summed E-state index contributed by atoms with van der Waals surface area (Å²) < 4.78 is 5.71. The standard InChI is InChI=1S/C21H33N3O2/c1-5-14-23-15-7-6-10-18(23)17-9-8-13-22-19(17)24(16-11-12-16)20(25)26-21(2,3)4/h8-9,13,16,18H,5-7,10-12,14-15H2,1-4H3/t18-/m1/s1. The second-order valence-electron chi connectivity index (χ2n) is 8.55. The van der Waals surface area contributed by atoms with Crippen molar-refractivity contribution < 1.29 is 9.53 Å². The van der Waals surface area contributed by atoms with Crippen LogP contribution < -0.4 is 4.90 Å². The van der Waals surface area contributed by atoms with E-state index < -0.39 is 5.60 Å². The van der Waals surface area contributed by atoms with Crippen LogP contribution in [0.3, 0.4) is 0 Å². The maximum atomic E-state index is 12.9. The molecule has 0 N–H and O–H groups in total. The highest BCUT2D eigenvalue weighted by Crippen LogP contribution is 2.39. The van der Waals surface area contributed by atoms with Crippen molar-refractivity contribution in [1.29, 1.82) is 0 Å². The van der Waals surface area contributed by atoms with Gasteiger partial charge in [0.25, 0.3) is 0 Å². The first-order valence-electron chi connectivity index (χ1n) is 10.1. The number of likely N-dealkylation sites (tertiary alicyclic amines) is 1. The van der Waals surface area contributed by atoms with Crippen LogP contribution in [0.1, 0.15) is 77.8 Å². The van der Waals surface area contributed by atoms with E-state index in [1.807, 2.05) is 31.7 Å². The average Bonchev–Trinajstić information content (AvgIpc) is 3.40. The monoisotopic (exact) mass is 359 g/mol. The Kier molecular flexibility index (Phi) is 5.86. The third kappa shape index (κ3) is 4.56. The predicted octanol–water partition coefficient (Wildman–Crippen LogP) is 4.92. The number of pyridine rings is 1. The van der Waals surface area contributed by atoms with E-state index in [2.05, 4.69) is 22.9 Å². The number of anilines is 1. The Labute approximate surface area is 157 Å². The predicted molar refractivity (Wildman–Crippen MR) is 104 cm³/mol. The van der Waals surface area contributed by atoms with Gasteiger partial charge >= 0.3 is 6.09 Å². The Morgan fingerprint density at radius 2 is 2.08 bits per heavy atom. The van der Waals surface area contributed by atoms with E-state index in [-0.39, 0.29) is 12.1 Å². The first-order valence-corrected chi connectivity index (χ1v) is 10.1. The smallest absolute Gasteiger partial charge is 0.416 e. The zero-order valence-corrected chi connectivity index (χ0v) is 16.7. The Morgan fingerprint density at radius 1 is 1.31 bits per heavy atom. The molecule has 0 bridgehead atoms. The molecule has 0 spiro atoms. The molecule has 3 rings (SSSR count). The van der Waals surface area contributed by atoms with E-state index in [0.717, 1.165) is 44.6 Å². The molecule has 1 atom stereocenters. The maximum absolute atomic E-state index is 12.9. The van der Waals surface area contributed by atoms with Crippen molar-refractivity contribution >= 4 is 11.9 Å². The van der Waals surface area contributed by atoms with Gasteiger partial charge in [-0.15, -0.1) is 0 Å². The minimum atomic E-state index is -0.502. The lowest BCUT2D eigenvalue weighted by Gasteiger charge is -2.37. The fraction of sp³-hybridized carbons (Fsp3) is 0.714. The van der Waals surface area contributed by atoms with Crippen LogP contribution in [0.15, 0.2) is 18.3 Å². The molecule has 144 valence electrons. The highest BCUT2D eigenvalue weighted by Gasteiger charge is 2.39. The third-order valence-electron chi connectivity index (χ3n) is 5.03. The number of aromatic nitrogens is 1. The van der Waals surface area contributed by atoms with Crippen LogP contribution >= 0.6 is 0 Å². The van der Waals surface area contributed by atoms with Gasteiger partial charge in [0.15, 0.2) is 0 Å². The van der Waals surface area contributed by atoms with Crippen LogP contribution in [0.25, 0.3) is 0 Å². The first kappa shape index (κ1) is 19.2. The van der Waals surface area contributed by atoms with Gasteiger partial charge in [0.1, 0.15) is 11.4 Å². The highest BCUT2D eigenvalue weighted by molar-refractivity contribution is 5.89. The zero-order chi connectivity index (χ0) is 18.7. The molecule has 1 saturated carbocycles. The summed E-state index contributed by atoms with van der Waals surface area (Å²) in [6.45, 7) is 10.2. The average molecular weight is 360 g/mol. The van der Waals surface area contributed by atoms with Gasteiger partial charge in [-0.3, -0.25) is 9.80 Å². The molecule has 1 saturated heterocycles. The van der Waals surface area contributed by atoms with Crippen molar-refractivity contribution in [3.8, 4) is 0 Å². The molecular weight excluding hydrogens is 326 g/mol. The number of carbonyl (C=O) groups is 1. The van der Waals surface area contributed by atoms with Crippen molar-refractivity contribution in [3.63, 3.8) is 0 Å². The van der Waals surface area contributed by atoms with Crippen LogP contribution in [-0.4, -0.2) is 40.7 Å². The Balaban J connectivity index is 1.92. The summed E-state index contributed by atoms with van der Waals surface area (Å²) >= 11 is 0. The van der Waals surface area contributed by atoms with Gasteiger partial charge in [0.05, 0.1) is 0 Å². The SMILES string of the molecule is CCCN1CCCC[C@@H]1c1cccnc1N(C(=O)OC(C)(C)C)C1CC1. The summed E-state index contributed by atoms with van der Waals surface area (Å²) in [5.41, 5.74) is 0.677. The normalized spacial score (nSPS) is 21.5. The quantitative estimate of drug-likeness (QED) is 0.748. The minimum absolute atomic E-state index is 0.224. The molecule has 0 aromatic carbocycles. The minimum Gasteiger partial charge on any atom is -0.443 e. The van der Waals surface area contributed by atoms with Gasteiger partial charge in [0, 0.05) is 23.8 Å². The Bertz CT molecular complexity index is 620. The van der Waals surface area contributed by atoms with Gasteiger partial charge in [-0.25, -0.2) is 9.78 Å². The van der Waals surface area contributed by atoms with Crippen LogP contribution in [0.4, 0.5) is 10.6 Å². The number of amides is 1. The fourth-order valence-electron chi connectivity index (χ4n) is 3.82. The molecule has 0 radical (unpaired) electrons. The summed E-state index contributed by atoms with van der Waals surface area (Å²) in [5, 5.41) is 0. The van der Waals surface area contributed by atoms with Crippen molar-refractivity contribution in [2.24, 2.45) is 0 Å². The molecular formula is C21H33N3O2. The topological polar surface area (TPSA) is 45.7 Å². The Hall–Kier alpha value is -1.62. The molecule has 1 aromatic rings. The maximum Gasteiger partial charge on any atom is 0.416 e. The molecule has 2 fully saturated rings. The molecule has 2 aliphatic rings. The molecule has 26 heavy (non-hydrogen) atoms. The number of nitrogens with zero attached hydrogens (tertiary/aromatic N) is 3. The van der Waals surface area contributed by atoms with E-state index in [4.69, 9.17) is 4.74 Å². The molecule has 5 heteroatoms. The van der Waals surface area contributed by atoms with Crippen molar-refractivity contribution in [1.82, 2.24) is 9.88 Å². The number of carbonyl (C=O) groups excluding carboxylic acids is 1. The van der Waals surface area contributed by atoms with E-state index in [0.29, 0.717) is 6.04 Å². The number of piperidine rings is 1. The van der Waals surface area contributed by atoms with Gasteiger partial charge in [-0.1, -0.05) is 19.4 Å². The lowest BCUT2D eigenvalue weighted by Crippen LogP contribution is -2.41. The largest absolute Gasteiger partial charge is 0.443 e. The van der Waals surface area contributed by atoms with E-state index in [1.54, 1.807) is 6.20 Å². The molecule has 1 aromatic heterocycles. The fourth-order valence-corrected chi connectivity index (χ4v) is 3.82. The van der Waals surface area contributed by atoms with E-state index in [9.17, 15) is 4.79 Å². The van der Waals surface area contributed by atoms with Crippen LogP contribution in [0.5, 0.6) is 0 Å².